The van der Waals surface area contributed by atoms with Crippen LogP contribution >= 0.6 is 0 Å². The van der Waals surface area contributed by atoms with Crippen molar-refractivity contribution in [1.29, 1.82) is 0 Å². The number of benzene rings is 1. The number of halogens is 3. The molecular weight excluding hydrogens is 297 g/mol. The molecule has 1 aromatic carbocycles. The Hall–Kier alpha value is -1.76. The molecule has 1 heterocycles. The molecule has 7 heteroatoms. The lowest BCUT2D eigenvalue weighted by atomic mass is 9.89. The number of nitrogens with two attached hydrogens (primary N) is 1. The zero-order chi connectivity index (χ0) is 16.5. The summed E-state index contributed by atoms with van der Waals surface area (Å²) in [4.78, 5) is 13.6. The zero-order valence-corrected chi connectivity index (χ0v) is 12.5. The molecule has 0 aromatic heterocycles. The average molecular weight is 316 g/mol. The molecule has 0 bridgehead atoms. The first-order valence-corrected chi connectivity index (χ1v) is 7.22. The number of carbonyl (C=O) groups excluding carboxylic acids is 1. The van der Waals surface area contributed by atoms with Gasteiger partial charge in [0.1, 0.15) is 0 Å². The number of alkyl halides is 3. The number of amides is 1. The summed E-state index contributed by atoms with van der Waals surface area (Å²) in [6.45, 7) is 3.79. The molecule has 1 amide bonds. The Morgan fingerprint density at radius 3 is 2.64 bits per heavy atom. The van der Waals surface area contributed by atoms with Gasteiger partial charge in [0.2, 0.25) is 0 Å². The second-order valence-electron chi connectivity index (χ2n) is 5.24. The summed E-state index contributed by atoms with van der Waals surface area (Å²) in [7, 11) is 0. The van der Waals surface area contributed by atoms with Gasteiger partial charge < -0.3 is 10.5 Å². The van der Waals surface area contributed by atoms with Gasteiger partial charge in [0.25, 0.3) is 0 Å². The highest BCUT2D eigenvalue weighted by atomic mass is 19.4. The number of rotatable bonds is 2. The normalized spacial score (nSPS) is 21.5. The third-order valence-corrected chi connectivity index (χ3v) is 3.84. The molecule has 0 aliphatic carbocycles. The molecule has 0 radical (unpaired) electrons. The first-order chi connectivity index (χ1) is 10.3. The minimum absolute atomic E-state index is 0.182. The second kappa shape index (κ2) is 6.16. The lowest BCUT2D eigenvalue weighted by Gasteiger charge is -2.39. The lowest BCUT2D eigenvalue weighted by Crippen LogP contribution is -2.46. The Kier molecular flexibility index (Phi) is 4.65. The highest BCUT2D eigenvalue weighted by Gasteiger charge is 2.37. The molecule has 1 aliphatic rings. The van der Waals surface area contributed by atoms with Crippen molar-refractivity contribution in [3.05, 3.63) is 29.3 Å². The van der Waals surface area contributed by atoms with Gasteiger partial charge in [-0.2, -0.15) is 13.2 Å². The van der Waals surface area contributed by atoms with Crippen LogP contribution in [-0.2, 0) is 10.9 Å². The predicted octanol–water partition coefficient (Wildman–Crippen LogP) is 3.85. The number of carbonyl (C=O) groups is 1. The molecule has 22 heavy (non-hydrogen) atoms. The fraction of sp³-hybridized carbons (Fsp3) is 0.533. The quantitative estimate of drug-likeness (QED) is 0.901. The van der Waals surface area contributed by atoms with E-state index >= 15 is 0 Å². The van der Waals surface area contributed by atoms with Gasteiger partial charge in [-0.15, -0.1) is 0 Å². The molecule has 1 aliphatic heterocycles. The first kappa shape index (κ1) is 16.6. The predicted molar refractivity (Wildman–Crippen MR) is 76.6 cm³/mol. The third-order valence-electron chi connectivity index (χ3n) is 3.84. The molecular formula is C15H19F3N2O2. The largest absolute Gasteiger partial charge is 0.449 e. The van der Waals surface area contributed by atoms with E-state index in [9.17, 15) is 18.0 Å². The Balaban J connectivity index is 2.49. The Bertz CT molecular complexity index is 560. The fourth-order valence-electron chi connectivity index (χ4n) is 2.76. The van der Waals surface area contributed by atoms with Gasteiger partial charge in [0.05, 0.1) is 17.9 Å². The fourth-order valence-corrected chi connectivity index (χ4v) is 2.76. The van der Waals surface area contributed by atoms with E-state index < -0.39 is 23.9 Å². The van der Waals surface area contributed by atoms with Crippen LogP contribution in [0, 0.1) is 0 Å². The second-order valence-corrected chi connectivity index (χ2v) is 5.24. The van der Waals surface area contributed by atoms with Crippen molar-refractivity contribution < 1.29 is 22.7 Å². The topological polar surface area (TPSA) is 55.6 Å². The average Bonchev–Trinajstić information content (AvgIpc) is 2.45. The van der Waals surface area contributed by atoms with Crippen molar-refractivity contribution in [1.82, 2.24) is 0 Å². The van der Waals surface area contributed by atoms with E-state index in [1.54, 1.807) is 6.92 Å². The monoisotopic (exact) mass is 316 g/mol. The van der Waals surface area contributed by atoms with Gasteiger partial charge in [0.15, 0.2) is 0 Å². The SMILES string of the molecule is CCOC(=O)N1c2ccc(C(F)(F)F)cc2[C@@H](N)C[C@@H]1CC. The van der Waals surface area contributed by atoms with Crippen LogP contribution in [0.3, 0.4) is 0 Å². The minimum atomic E-state index is -4.44. The Morgan fingerprint density at radius 1 is 1.41 bits per heavy atom. The molecule has 0 fully saturated rings. The van der Waals surface area contributed by atoms with Crippen LogP contribution in [-0.4, -0.2) is 18.7 Å². The molecule has 0 unspecified atom stereocenters. The van der Waals surface area contributed by atoms with Crippen molar-refractivity contribution in [3.8, 4) is 0 Å². The van der Waals surface area contributed by atoms with Crippen LogP contribution in [0.25, 0.3) is 0 Å². The molecule has 4 nitrogen and oxygen atoms in total. The molecule has 2 atom stereocenters. The van der Waals surface area contributed by atoms with E-state index in [0.29, 0.717) is 24.1 Å². The van der Waals surface area contributed by atoms with E-state index in [2.05, 4.69) is 0 Å². The number of hydrogen-bond donors (Lipinski definition) is 1. The number of fused-ring (bicyclic) bond motifs is 1. The molecule has 0 saturated carbocycles. The van der Waals surface area contributed by atoms with E-state index in [1.165, 1.54) is 11.0 Å². The molecule has 0 spiro atoms. The summed E-state index contributed by atoms with van der Waals surface area (Å²) in [6, 6.07) is 2.58. The van der Waals surface area contributed by atoms with E-state index in [-0.39, 0.29) is 12.6 Å². The Labute approximate surface area is 127 Å². The maximum absolute atomic E-state index is 12.9. The summed E-state index contributed by atoms with van der Waals surface area (Å²) in [6.07, 6.45) is -3.94. The number of nitrogens with zero attached hydrogens (tertiary/aromatic N) is 1. The summed E-state index contributed by atoms with van der Waals surface area (Å²) in [5, 5.41) is 0. The van der Waals surface area contributed by atoms with Gasteiger partial charge in [-0.3, -0.25) is 4.90 Å². The van der Waals surface area contributed by atoms with Gasteiger partial charge in [-0.25, -0.2) is 4.79 Å². The highest BCUT2D eigenvalue weighted by Crippen LogP contribution is 2.40. The first-order valence-electron chi connectivity index (χ1n) is 7.22. The molecule has 0 saturated heterocycles. The van der Waals surface area contributed by atoms with Crippen LogP contribution in [0.15, 0.2) is 18.2 Å². The lowest BCUT2D eigenvalue weighted by molar-refractivity contribution is -0.137. The number of anilines is 1. The van der Waals surface area contributed by atoms with Gasteiger partial charge in [-0.1, -0.05) is 6.92 Å². The van der Waals surface area contributed by atoms with Gasteiger partial charge in [0, 0.05) is 12.1 Å². The summed E-state index contributed by atoms with van der Waals surface area (Å²) >= 11 is 0. The van der Waals surface area contributed by atoms with Crippen molar-refractivity contribution in [3.63, 3.8) is 0 Å². The summed E-state index contributed by atoms with van der Waals surface area (Å²) in [5.41, 5.74) is 5.98. The van der Waals surface area contributed by atoms with Crippen LogP contribution in [0.5, 0.6) is 0 Å². The van der Waals surface area contributed by atoms with Gasteiger partial charge in [-0.05, 0) is 43.5 Å². The Morgan fingerprint density at radius 2 is 2.09 bits per heavy atom. The summed E-state index contributed by atoms with van der Waals surface area (Å²) in [5.74, 6) is 0. The van der Waals surface area contributed by atoms with Gasteiger partial charge >= 0.3 is 12.3 Å². The maximum atomic E-state index is 12.9. The number of ether oxygens (including phenoxy) is 1. The highest BCUT2D eigenvalue weighted by molar-refractivity contribution is 5.90. The van der Waals surface area contributed by atoms with E-state index in [4.69, 9.17) is 10.5 Å². The third kappa shape index (κ3) is 3.04. The maximum Gasteiger partial charge on any atom is 0.416 e. The van der Waals surface area contributed by atoms with Crippen molar-refractivity contribution in [2.24, 2.45) is 5.73 Å². The zero-order valence-electron chi connectivity index (χ0n) is 12.5. The van der Waals surface area contributed by atoms with Crippen molar-refractivity contribution in [2.75, 3.05) is 11.5 Å². The molecule has 2 rings (SSSR count). The van der Waals surface area contributed by atoms with Crippen molar-refractivity contribution >= 4 is 11.8 Å². The van der Waals surface area contributed by atoms with Crippen LogP contribution in [0.4, 0.5) is 23.7 Å². The van der Waals surface area contributed by atoms with Crippen LogP contribution in [0.1, 0.15) is 43.9 Å². The molecule has 2 N–H and O–H groups in total. The molecule has 1 aromatic rings. The van der Waals surface area contributed by atoms with E-state index in [0.717, 1.165) is 12.1 Å². The number of hydrogen-bond acceptors (Lipinski definition) is 3. The van der Waals surface area contributed by atoms with Crippen LogP contribution < -0.4 is 10.6 Å². The molecule has 122 valence electrons. The van der Waals surface area contributed by atoms with E-state index in [1.807, 2.05) is 6.92 Å². The smallest absolute Gasteiger partial charge is 0.416 e. The minimum Gasteiger partial charge on any atom is -0.449 e. The summed E-state index contributed by atoms with van der Waals surface area (Å²) < 4.78 is 43.6. The van der Waals surface area contributed by atoms with Crippen LogP contribution in [0.2, 0.25) is 0 Å². The van der Waals surface area contributed by atoms with Crippen molar-refractivity contribution in [2.45, 2.75) is 44.9 Å². The standard InChI is InChI=1S/C15H19F3N2O2/c1-3-10-8-12(19)11-7-9(15(16,17)18)5-6-13(11)20(10)14(21)22-4-2/h5-7,10,12H,3-4,8,19H2,1-2H3/t10-,12-/m0/s1.